The molecule has 0 bridgehead atoms. The predicted octanol–water partition coefficient (Wildman–Crippen LogP) is 1.88. The zero-order valence-electron chi connectivity index (χ0n) is 9.31. The molecular weight excluding hydrogens is 218 g/mol. The summed E-state index contributed by atoms with van der Waals surface area (Å²) in [5.41, 5.74) is 7.52. The summed E-state index contributed by atoms with van der Waals surface area (Å²) in [7, 11) is 0. The molecule has 3 rings (SSSR count). The molecule has 1 unspecified atom stereocenters. The van der Waals surface area contributed by atoms with Crippen molar-refractivity contribution in [1.29, 1.82) is 0 Å². The normalized spacial score (nSPS) is 19.9. The number of anilines is 1. The van der Waals surface area contributed by atoms with Crippen LogP contribution in [0.5, 0.6) is 0 Å². The minimum Gasteiger partial charge on any atom is -0.423 e. The van der Waals surface area contributed by atoms with E-state index in [-0.39, 0.29) is 11.5 Å². The summed E-state index contributed by atoms with van der Waals surface area (Å²) in [4.78, 5) is 11.5. The number of benzene rings is 1. The number of hydrogen-bond acceptors (Lipinski definition) is 4. The summed E-state index contributed by atoms with van der Waals surface area (Å²) >= 11 is 0. The molecule has 0 spiro atoms. The van der Waals surface area contributed by atoms with Crippen molar-refractivity contribution in [3.8, 4) is 0 Å². The Hall–Kier alpha value is -1.81. The molecule has 0 radical (unpaired) electrons. The van der Waals surface area contributed by atoms with Crippen molar-refractivity contribution < 1.29 is 9.15 Å². The van der Waals surface area contributed by atoms with Crippen LogP contribution in [0.1, 0.15) is 17.9 Å². The van der Waals surface area contributed by atoms with E-state index in [0.29, 0.717) is 17.9 Å². The van der Waals surface area contributed by atoms with Crippen molar-refractivity contribution >= 4 is 16.7 Å². The molecule has 0 amide bonds. The maximum Gasteiger partial charge on any atom is 0.336 e. The van der Waals surface area contributed by atoms with Crippen LogP contribution in [-0.4, -0.2) is 13.2 Å². The minimum absolute atomic E-state index is 0.283. The molecule has 0 aliphatic carbocycles. The molecule has 88 valence electrons. The van der Waals surface area contributed by atoms with Crippen LogP contribution < -0.4 is 11.4 Å². The van der Waals surface area contributed by atoms with Crippen LogP contribution in [0.2, 0.25) is 0 Å². The van der Waals surface area contributed by atoms with E-state index in [4.69, 9.17) is 14.9 Å². The van der Waals surface area contributed by atoms with Gasteiger partial charge in [0.05, 0.1) is 6.61 Å². The number of fused-ring (bicyclic) bond motifs is 1. The molecule has 0 saturated carbocycles. The van der Waals surface area contributed by atoms with Crippen LogP contribution in [0.4, 0.5) is 5.69 Å². The van der Waals surface area contributed by atoms with Crippen molar-refractivity contribution in [3.05, 3.63) is 40.2 Å². The lowest BCUT2D eigenvalue weighted by Gasteiger charge is -2.10. The van der Waals surface area contributed by atoms with E-state index in [9.17, 15) is 4.79 Å². The fourth-order valence-corrected chi connectivity index (χ4v) is 2.32. The molecule has 1 aromatic carbocycles. The average molecular weight is 231 g/mol. The summed E-state index contributed by atoms with van der Waals surface area (Å²) < 4.78 is 10.5. The highest BCUT2D eigenvalue weighted by Crippen LogP contribution is 2.30. The highest BCUT2D eigenvalue weighted by atomic mass is 16.5. The zero-order valence-corrected chi connectivity index (χ0v) is 9.31. The maximum atomic E-state index is 11.5. The van der Waals surface area contributed by atoms with Gasteiger partial charge in [-0.15, -0.1) is 0 Å². The van der Waals surface area contributed by atoms with Gasteiger partial charge in [-0.05, 0) is 24.1 Å². The molecule has 1 aliphatic heterocycles. The third-order valence-corrected chi connectivity index (χ3v) is 3.17. The van der Waals surface area contributed by atoms with Gasteiger partial charge in [0.1, 0.15) is 5.58 Å². The second-order valence-electron chi connectivity index (χ2n) is 4.34. The quantitative estimate of drug-likeness (QED) is 0.601. The van der Waals surface area contributed by atoms with Crippen molar-refractivity contribution in [3.63, 3.8) is 0 Å². The van der Waals surface area contributed by atoms with Gasteiger partial charge >= 0.3 is 5.63 Å². The van der Waals surface area contributed by atoms with Crippen LogP contribution in [0.3, 0.4) is 0 Å². The average Bonchev–Trinajstić information content (AvgIpc) is 2.80. The Kier molecular flexibility index (Phi) is 2.37. The molecule has 1 aliphatic rings. The number of nitrogen functional groups attached to an aromatic ring is 1. The zero-order chi connectivity index (χ0) is 11.8. The van der Waals surface area contributed by atoms with Crippen molar-refractivity contribution in [2.45, 2.75) is 12.3 Å². The minimum atomic E-state index is -0.329. The molecular formula is C13H13NO3. The van der Waals surface area contributed by atoms with Gasteiger partial charge in [-0.25, -0.2) is 4.79 Å². The van der Waals surface area contributed by atoms with E-state index in [2.05, 4.69) is 0 Å². The summed E-state index contributed by atoms with van der Waals surface area (Å²) in [6, 6.07) is 6.98. The monoisotopic (exact) mass is 231 g/mol. The molecule has 2 aromatic rings. The Morgan fingerprint density at radius 3 is 2.94 bits per heavy atom. The molecule has 1 atom stereocenters. The number of hydrogen-bond donors (Lipinski definition) is 1. The number of nitrogens with two attached hydrogens (primary N) is 1. The van der Waals surface area contributed by atoms with Gasteiger partial charge in [0, 0.05) is 35.7 Å². The first-order chi connectivity index (χ1) is 8.24. The van der Waals surface area contributed by atoms with Crippen LogP contribution in [-0.2, 0) is 4.74 Å². The highest BCUT2D eigenvalue weighted by Gasteiger charge is 2.21. The van der Waals surface area contributed by atoms with Crippen LogP contribution in [0, 0.1) is 0 Å². The van der Waals surface area contributed by atoms with Crippen molar-refractivity contribution in [2.75, 3.05) is 18.9 Å². The van der Waals surface area contributed by atoms with Gasteiger partial charge in [0.15, 0.2) is 0 Å². The maximum absolute atomic E-state index is 11.5. The molecule has 4 nitrogen and oxygen atoms in total. The molecule has 2 heterocycles. The topological polar surface area (TPSA) is 65.5 Å². The molecule has 4 heteroatoms. The van der Waals surface area contributed by atoms with Gasteiger partial charge in [-0.3, -0.25) is 0 Å². The largest absolute Gasteiger partial charge is 0.423 e. The Bertz CT molecular complexity index is 612. The first-order valence-corrected chi connectivity index (χ1v) is 5.65. The highest BCUT2D eigenvalue weighted by molar-refractivity contribution is 5.83. The molecule has 2 N–H and O–H groups in total. The number of ether oxygens (including phenoxy) is 1. The van der Waals surface area contributed by atoms with E-state index >= 15 is 0 Å². The third kappa shape index (κ3) is 1.80. The van der Waals surface area contributed by atoms with Gasteiger partial charge in [0.2, 0.25) is 0 Å². The Labute approximate surface area is 98.0 Å². The summed E-state index contributed by atoms with van der Waals surface area (Å²) in [6.45, 7) is 1.42. The van der Waals surface area contributed by atoms with Gasteiger partial charge in [0.25, 0.3) is 0 Å². The standard InChI is InChI=1S/C13H13NO3/c14-9-1-2-10-11(8-3-4-16-7-8)6-13(15)17-12(10)5-9/h1-2,5-6,8H,3-4,7,14H2. The first kappa shape index (κ1) is 10.4. The van der Waals surface area contributed by atoms with Crippen LogP contribution >= 0.6 is 0 Å². The van der Waals surface area contributed by atoms with Crippen LogP contribution in [0.15, 0.2) is 33.5 Å². The Balaban J connectivity index is 2.25. The SMILES string of the molecule is Nc1ccc2c(C3CCOC3)cc(=O)oc2c1. The molecule has 1 aromatic heterocycles. The summed E-state index contributed by atoms with van der Waals surface area (Å²) in [5, 5.41) is 0.953. The van der Waals surface area contributed by atoms with E-state index in [1.54, 1.807) is 12.1 Å². The van der Waals surface area contributed by atoms with Gasteiger partial charge in [-0.2, -0.15) is 0 Å². The number of rotatable bonds is 1. The van der Waals surface area contributed by atoms with Crippen molar-refractivity contribution in [2.24, 2.45) is 0 Å². The van der Waals surface area contributed by atoms with E-state index in [1.165, 1.54) is 0 Å². The molecule has 1 fully saturated rings. The lowest BCUT2D eigenvalue weighted by atomic mass is 9.95. The smallest absolute Gasteiger partial charge is 0.336 e. The third-order valence-electron chi connectivity index (χ3n) is 3.17. The van der Waals surface area contributed by atoms with E-state index < -0.39 is 0 Å². The molecule has 17 heavy (non-hydrogen) atoms. The van der Waals surface area contributed by atoms with Gasteiger partial charge in [-0.1, -0.05) is 0 Å². The van der Waals surface area contributed by atoms with Crippen LogP contribution in [0.25, 0.3) is 11.0 Å². The van der Waals surface area contributed by atoms with Gasteiger partial charge < -0.3 is 14.9 Å². The Morgan fingerprint density at radius 1 is 1.29 bits per heavy atom. The summed E-state index contributed by atoms with van der Waals surface area (Å²) in [6.07, 6.45) is 0.947. The fourth-order valence-electron chi connectivity index (χ4n) is 2.32. The Morgan fingerprint density at radius 2 is 2.18 bits per heavy atom. The van der Waals surface area contributed by atoms with E-state index in [0.717, 1.165) is 24.0 Å². The first-order valence-electron chi connectivity index (χ1n) is 5.65. The second-order valence-corrected chi connectivity index (χ2v) is 4.34. The molecule has 1 saturated heterocycles. The second kappa shape index (κ2) is 3.89. The van der Waals surface area contributed by atoms with E-state index in [1.807, 2.05) is 12.1 Å². The lowest BCUT2D eigenvalue weighted by Crippen LogP contribution is -2.06. The lowest BCUT2D eigenvalue weighted by molar-refractivity contribution is 0.194. The summed E-state index contributed by atoms with van der Waals surface area (Å²) in [5.74, 6) is 0.283. The predicted molar refractivity (Wildman–Crippen MR) is 65.1 cm³/mol. The van der Waals surface area contributed by atoms with Crippen molar-refractivity contribution in [1.82, 2.24) is 0 Å². The fraction of sp³-hybridized carbons (Fsp3) is 0.308.